The SMILES string of the molecule is CC[NH2+][C@H](CC)c1nc2cc(Cl)ccc2c(=O)n1CC. The molecule has 0 saturated heterocycles. The lowest BCUT2D eigenvalue weighted by Crippen LogP contribution is -2.85. The summed E-state index contributed by atoms with van der Waals surface area (Å²) >= 11 is 6.01. The first-order chi connectivity index (χ1) is 9.62. The molecule has 4 nitrogen and oxygen atoms in total. The molecule has 2 rings (SSSR count). The molecule has 20 heavy (non-hydrogen) atoms. The molecule has 0 spiro atoms. The number of quaternary nitrogens is 1. The largest absolute Gasteiger partial charge is 0.338 e. The molecule has 1 aromatic carbocycles. The highest BCUT2D eigenvalue weighted by Crippen LogP contribution is 2.18. The third-order valence-electron chi connectivity index (χ3n) is 3.55. The Morgan fingerprint density at radius 3 is 2.70 bits per heavy atom. The Hall–Kier alpha value is -1.39. The Balaban J connectivity index is 2.72. The van der Waals surface area contributed by atoms with Gasteiger partial charge >= 0.3 is 0 Å². The second kappa shape index (κ2) is 6.37. The monoisotopic (exact) mass is 294 g/mol. The molecule has 108 valence electrons. The van der Waals surface area contributed by atoms with Crippen LogP contribution < -0.4 is 10.9 Å². The predicted molar refractivity (Wildman–Crippen MR) is 82.2 cm³/mol. The minimum atomic E-state index is 0.0205. The molecule has 1 aromatic heterocycles. The number of hydrogen-bond acceptors (Lipinski definition) is 2. The molecule has 0 unspecified atom stereocenters. The highest BCUT2D eigenvalue weighted by molar-refractivity contribution is 6.31. The molecular formula is C15H21ClN3O+. The van der Waals surface area contributed by atoms with Crippen LogP contribution in [0, 0.1) is 0 Å². The van der Waals surface area contributed by atoms with Crippen molar-refractivity contribution in [3.8, 4) is 0 Å². The first kappa shape index (κ1) is 15.0. The van der Waals surface area contributed by atoms with Crippen molar-refractivity contribution < 1.29 is 5.32 Å². The topological polar surface area (TPSA) is 51.5 Å². The highest BCUT2D eigenvalue weighted by atomic mass is 35.5. The fraction of sp³-hybridized carbons (Fsp3) is 0.467. The van der Waals surface area contributed by atoms with Gasteiger partial charge in [-0.3, -0.25) is 9.36 Å². The van der Waals surface area contributed by atoms with Gasteiger partial charge in [0.2, 0.25) is 0 Å². The van der Waals surface area contributed by atoms with Crippen molar-refractivity contribution in [2.24, 2.45) is 0 Å². The Morgan fingerprint density at radius 1 is 1.35 bits per heavy atom. The van der Waals surface area contributed by atoms with E-state index in [2.05, 4.69) is 19.2 Å². The maximum absolute atomic E-state index is 12.6. The summed E-state index contributed by atoms with van der Waals surface area (Å²) in [5, 5.41) is 3.45. The van der Waals surface area contributed by atoms with Gasteiger partial charge in [0, 0.05) is 18.0 Å². The fourth-order valence-electron chi connectivity index (χ4n) is 2.54. The van der Waals surface area contributed by atoms with E-state index < -0.39 is 0 Å². The number of fused-ring (bicyclic) bond motifs is 1. The van der Waals surface area contributed by atoms with Crippen LogP contribution in [0.5, 0.6) is 0 Å². The van der Waals surface area contributed by atoms with Gasteiger partial charge in [-0.1, -0.05) is 18.5 Å². The minimum absolute atomic E-state index is 0.0205. The van der Waals surface area contributed by atoms with Gasteiger partial charge in [0.1, 0.15) is 6.04 Å². The second-order valence-corrected chi connectivity index (χ2v) is 5.28. The number of aromatic nitrogens is 2. The van der Waals surface area contributed by atoms with Gasteiger partial charge in [-0.15, -0.1) is 0 Å². The molecule has 0 amide bonds. The van der Waals surface area contributed by atoms with Crippen molar-refractivity contribution in [1.29, 1.82) is 0 Å². The lowest BCUT2D eigenvalue weighted by atomic mass is 10.1. The summed E-state index contributed by atoms with van der Waals surface area (Å²) in [5.74, 6) is 0.844. The molecule has 1 heterocycles. The normalized spacial score (nSPS) is 12.8. The first-order valence-corrected chi connectivity index (χ1v) is 7.53. The van der Waals surface area contributed by atoms with Crippen molar-refractivity contribution in [2.45, 2.75) is 39.8 Å². The van der Waals surface area contributed by atoms with Crippen LogP contribution in [-0.4, -0.2) is 16.1 Å². The van der Waals surface area contributed by atoms with Gasteiger partial charge in [0.25, 0.3) is 5.56 Å². The van der Waals surface area contributed by atoms with Crippen LogP contribution in [-0.2, 0) is 6.54 Å². The average molecular weight is 295 g/mol. The van der Waals surface area contributed by atoms with Crippen LogP contribution >= 0.6 is 11.6 Å². The van der Waals surface area contributed by atoms with Crippen LogP contribution in [0.2, 0.25) is 5.02 Å². The Labute approximate surface area is 123 Å². The summed E-state index contributed by atoms with van der Waals surface area (Å²) in [4.78, 5) is 17.3. The van der Waals surface area contributed by atoms with E-state index in [-0.39, 0.29) is 11.6 Å². The number of hydrogen-bond donors (Lipinski definition) is 1. The molecule has 0 radical (unpaired) electrons. The van der Waals surface area contributed by atoms with Gasteiger partial charge in [-0.25, -0.2) is 4.98 Å². The number of nitrogens with two attached hydrogens (primary N) is 1. The van der Waals surface area contributed by atoms with Crippen LogP contribution in [0.25, 0.3) is 10.9 Å². The molecule has 0 saturated carbocycles. The zero-order chi connectivity index (χ0) is 14.7. The van der Waals surface area contributed by atoms with E-state index in [0.717, 1.165) is 18.8 Å². The van der Waals surface area contributed by atoms with Gasteiger partial charge in [0.05, 0.1) is 17.4 Å². The maximum atomic E-state index is 12.6. The first-order valence-electron chi connectivity index (χ1n) is 7.15. The zero-order valence-corrected chi connectivity index (χ0v) is 12.9. The van der Waals surface area contributed by atoms with Gasteiger partial charge < -0.3 is 5.32 Å². The average Bonchev–Trinajstić information content (AvgIpc) is 2.44. The summed E-state index contributed by atoms with van der Waals surface area (Å²) in [6.45, 7) is 7.80. The van der Waals surface area contributed by atoms with Crippen molar-refractivity contribution in [3.63, 3.8) is 0 Å². The third-order valence-corrected chi connectivity index (χ3v) is 3.79. The van der Waals surface area contributed by atoms with E-state index in [1.807, 2.05) is 6.92 Å². The smallest absolute Gasteiger partial charge is 0.261 e. The molecule has 2 aromatic rings. The predicted octanol–water partition coefficient (Wildman–Crippen LogP) is 2.10. The second-order valence-electron chi connectivity index (χ2n) is 4.84. The summed E-state index contributed by atoms with van der Waals surface area (Å²) in [6.07, 6.45) is 0.937. The number of halogens is 1. The molecule has 0 aliphatic rings. The minimum Gasteiger partial charge on any atom is -0.338 e. The van der Waals surface area contributed by atoms with Gasteiger partial charge in [-0.2, -0.15) is 0 Å². The molecule has 0 aliphatic heterocycles. The molecule has 0 fully saturated rings. The Bertz CT molecular complexity index is 666. The van der Waals surface area contributed by atoms with E-state index in [0.29, 0.717) is 22.5 Å². The van der Waals surface area contributed by atoms with Crippen molar-refractivity contribution >= 4 is 22.5 Å². The van der Waals surface area contributed by atoms with Crippen LogP contribution in [0.1, 0.15) is 39.1 Å². The molecule has 2 N–H and O–H groups in total. The third kappa shape index (κ3) is 2.72. The summed E-state index contributed by atoms with van der Waals surface area (Å²) in [7, 11) is 0. The summed E-state index contributed by atoms with van der Waals surface area (Å²) in [5.41, 5.74) is 0.706. The Kier molecular flexibility index (Phi) is 4.78. The molecule has 5 heteroatoms. The van der Waals surface area contributed by atoms with E-state index in [4.69, 9.17) is 16.6 Å². The van der Waals surface area contributed by atoms with Gasteiger partial charge in [0.15, 0.2) is 5.82 Å². The molecule has 0 bridgehead atoms. The molecular weight excluding hydrogens is 274 g/mol. The summed E-state index contributed by atoms with van der Waals surface area (Å²) in [6, 6.07) is 5.46. The summed E-state index contributed by atoms with van der Waals surface area (Å²) < 4.78 is 1.77. The van der Waals surface area contributed by atoms with E-state index in [9.17, 15) is 4.79 Å². The van der Waals surface area contributed by atoms with Crippen LogP contribution in [0.15, 0.2) is 23.0 Å². The van der Waals surface area contributed by atoms with E-state index >= 15 is 0 Å². The van der Waals surface area contributed by atoms with E-state index in [1.165, 1.54) is 0 Å². The zero-order valence-electron chi connectivity index (χ0n) is 12.2. The lowest BCUT2D eigenvalue weighted by molar-refractivity contribution is -0.695. The quantitative estimate of drug-likeness (QED) is 0.918. The van der Waals surface area contributed by atoms with Crippen molar-refractivity contribution in [2.75, 3.05) is 6.54 Å². The standard InChI is InChI=1S/C15H20ClN3O/c1-4-12(17-5-2)14-18-13-9-10(16)7-8-11(13)15(20)19(14)6-3/h7-9,12,17H,4-6H2,1-3H3/p+1/t12-/m1/s1. The van der Waals surface area contributed by atoms with Crippen molar-refractivity contribution in [1.82, 2.24) is 9.55 Å². The number of rotatable bonds is 5. The van der Waals surface area contributed by atoms with E-state index in [1.54, 1.807) is 22.8 Å². The number of nitrogens with zero attached hydrogens (tertiary/aromatic N) is 2. The molecule has 1 atom stereocenters. The highest BCUT2D eigenvalue weighted by Gasteiger charge is 2.20. The van der Waals surface area contributed by atoms with Crippen molar-refractivity contribution in [3.05, 3.63) is 39.4 Å². The fourth-order valence-corrected chi connectivity index (χ4v) is 2.71. The maximum Gasteiger partial charge on any atom is 0.261 e. The van der Waals surface area contributed by atoms with Gasteiger partial charge in [-0.05, 0) is 32.0 Å². The lowest BCUT2D eigenvalue weighted by Gasteiger charge is -2.17. The van der Waals surface area contributed by atoms with Crippen LogP contribution in [0.3, 0.4) is 0 Å². The molecule has 0 aliphatic carbocycles. The number of benzene rings is 1. The van der Waals surface area contributed by atoms with Crippen LogP contribution in [0.4, 0.5) is 0 Å². The Morgan fingerprint density at radius 2 is 2.10 bits per heavy atom.